The smallest absolute Gasteiger partial charge is 0.395 e. The zero-order valence-electron chi connectivity index (χ0n) is 8.15. The molecule has 0 spiro atoms. The summed E-state index contributed by atoms with van der Waals surface area (Å²) in [5.41, 5.74) is 0. The number of hydrogen-bond acceptors (Lipinski definition) is 2. The Bertz CT molecular complexity index is 265. The summed E-state index contributed by atoms with van der Waals surface area (Å²) in [7, 11) is 0. The Morgan fingerprint density at radius 2 is 1.65 bits per heavy atom. The molecule has 0 aliphatic carbocycles. The average molecular weight is 271 g/mol. The zero-order valence-corrected chi connectivity index (χ0v) is 8.15. The van der Waals surface area contributed by atoms with Crippen LogP contribution < -0.4 is 0 Å². The summed E-state index contributed by atoms with van der Waals surface area (Å²) in [5, 5.41) is 8.29. The molecular formula is C7H8F7NO2. The van der Waals surface area contributed by atoms with Gasteiger partial charge in [-0.2, -0.15) is 22.0 Å². The van der Waals surface area contributed by atoms with Crippen LogP contribution in [0.25, 0.3) is 0 Å². The maximum atomic E-state index is 12.5. The second-order valence-corrected chi connectivity index (χ2v) is 2.99. The van der Waals surface area contributed by atoms with Crippen LogP contribution in [0.5, 0.6) is 0 Å². The standard InChI is InChI=1S/C7H8F7NO2/c8-4(9)7(13,14)5(17)15(1-2-16)3-6(10,11)12/h4,16H,1-3H2. The van der Waals surface area contributed by atoms with Gasteiger partial charge in [0, 0.05) is 6.54 Å². The summed E-state index contributed by atoms with van der Waals surface area (Å²) in [6, 6.07) is 0. The maximum Gasteiger partial charge on any atom is 0.406 e. The number of carbonyl (C=O) groups excluding carboxylic acids is 1. The lowest BCUT2D eigenvalue weighted by atomic mass is 10.3. The minimum Gasteiger partial charge on any atom is -0.395 e. The van der Waals surface area contributed by atoms with Crippen molar-refractivity contribution in [1.82, 2.24) is 4.90 Å². The number of halogens is 7. The van der Waals surface area contributed by atoms with Gasteiger partial charge in [-0.15, -0.1) is 0 Å². The van der Waals surface area contributed by atoms with E-state index in [9.17, 15) is 35.5 Å². The van der Waals surface area contributed by atoms with Crippen LogP contribution in [-0.2, 0) is 4.79 Å². The van der Waals surface area contributed by atoms with Gasteiger partial charge in [0.25, 0.3) is 5.91 Å². The van der Waals surface area contributed by atoms with E-state index in [0.29, 0.717) is 0 Å². The molecule has 0 aromatic rings. The summed E-state index contributed by atoms with van der Waals surface area (Å²) in [4.78, 5) is 10.2. The number of aliphatic hydroxyl groups excluding tert-OH is 1. The van der Waals surface area contributed by atoms with Crippen LogP contribution in [0.2, 0.25) is 0 Å². The summed E-state index contributed by atoms with van der Waals surface area (Å²) >= 11 is 0. The van der Waals surface area contributed by atoms with Crippen LogP contribution in [0.15, 0.2) is 0 Å². The Morgan fingerprint density at radius 1 is 1.18 bits per heavy atom. The molecule has 1 amide bonds. The molecule has 0 saturated heterocycles. The van der Waals surface area contributed by atoms with Gasteiger partial charge in [0.05, 0.1) is 6.61 Å². The van der Waals surface area contributed by atoms with Gasteiger partial charge >= 0.3 is 18.5 Å². The van der Waals surface area contributed by atoms with E-state index in [1.165, 1.54) is 0 Å². The molecular weight excluding hydrogens is 263 g/mol. The van der Waals surface area contributed by atoms with Crippen molar-refractivity contribution in [1.29, 1.82) is 0 Å². The molecule has 0 rings (SSSR count). The lowest BCUT2D eigenvalue weighted by Crippen LogP contribution is -2.51. The molecule has 0 aliphatic rings. The topological polar surface area (TPSA) is 40.5 Å². The highest BCUT2D eigenvalue weighted by Crippen LogP contribution is 2.27. The minimum atomic E-state index is -5.21. The Morgan fingerprint density at radius 3 is 1.94 bits per heavy atom. The van der Waals surface area contributed by atoms with Crippen LogP contribution in [0.3, 0.4) is 0 Å². The molecule has 0 saturated carbocycles. The molecule has 0 unspecified atom stereocenters. The third-order valence-corrected chi connectivity index (χ3v) is 1.59. The third kappa shape index (κ3) is 4.75. The molecule has 0 aliphatic heterocycles. The zero-order chi connectivity index (χ0) is 13.9. The van der Waals surface area contributed by atoms with E-state index in [0.717, 1.165) is 0 Å². The van der Waals surface area contributed by atoms with Crippen molar-refractivity contribution in [3.05, 3.63) is 0 Å². The SMILES string of the molecule is O=C(N(CCO)CC(F)(F)F)C(F)(F)C(F)F. The molecule has 1 N–H and O–H groups in total. The highest BCUT2D eigenvalue weighted by atomic mass is 19.4. The van der Waals surface area contributed by atoms with Crippen LogP contribution >= 0.6 is 0 Å². The Hall–Kier alpha value is -1.06. The second-order valence-electron chi connectivity index (χ2n) is 2.99. The van der Waals surface area contributed by atoms with Gasteiger partial charge in [-0.25, -0.2) is 8.78 Å². The lowest BCUT2D eigenvalue weighted by Gasteiger charge is -2.26. The molecule has 0 radical (unpaired) electrons. The van der Waals surface area contributed by atoms with Crippen molar-refractivity contribution < 1.29 is 40.6 Å². The first-order valence-corrected chi connectivity index (χ1v) is 4.15. The molecule has 0 fully saturated rings. The maximum absolute atomic E-state index is 12.5. The Kier molecular flexibility index (Phi) is 5.17. The number of hydrogen-bond donors (Lipinski definition) is 1. The van der Waals surface area contributed by atoms with E-state index in [4.69, 9.17) is 5.11 Å². The van der Waals surface area contributed by atoms with Gasteiger partial charge < -0.3 is 10.0 Å². The Balaban J connectivity index is 4.89. The van der Waals surface area contributed by atoms with Gasteiger partial charge in [-0.3, -0.25) is 4.79 Å². The largest absolute Gasteiger partial charge is 0.406 e. The monoisotopic (exact) mass is 271 g/mol. The fraction of sp³-hybridized carbons (Fsp3) is 0.857. The van der Waals surface area contributed by atoms with Crippen LogP contribution in [0, 0.1) is 0 Å². The van der Waals surface area contributed by atoms with Crippen LogP contribution in [0.1, 0.15) is 0 Å². The summed E-state index contributed by atoms with van der Waals surface area (Å²) in [6.07, 6.45) is -9.44. The van der Waals surface area contributed by atoms with Gasteiger partial charge in [-0.1, -0.05) is 0 Å². The van der Waals surface area contributed by atoms with Crippen molar-refractivity contribution in [2.45, 2.75) is 18.5 Å². The predicted molar refractivity (Wildman–Crippen MR) is 40.7 cm³/mol. The molecule has 0 aromatic carbocycles. The fourth-order valence-corrected chi connectivity index (χ4v) is 0.894. The molecule has 102 valence electrons. The van der Waals surface area contributed by atoms with E-state index in [-0.39, 0.29) is 0 Å². The fourth-order valence-electron chi connectivity index (χ4n) is 0.894. The van der Waals surface area contributed by atoms with Crippen molar-refractivity contribution in [3.63, 3.8) is 0 Å². The minimum absolute atomic E-state index is 0.563. The molecule has 0 atom stereocenters. The van der Waals surface area contributed by atoms with Crippen LogP contribution in [-0.4, -0.2) is 54.1 Å². The van der Waals surface area contributed by atoms with E-state index in [2.05, 4.69) is 0 Å². The highest BCUT2D eigenvalue weighted by Gasteiger charge is 2.52. The van der Waals surface area contributed by atoms with Gasteiger partial charge in [0.1, 0.15) is 6.54 Å². The van der Waals surface area contributed by atoms with Crippen LogP contribution in [0.4, 0.5) is 30.7 Å². The van der Waals surface area contributed by atoms with Crippen molar-refractivity contribution in [3.8, 4) is 0 Å². The molecule has 0 aromatic heterocycles. The second kappa shape index (κ2) is 5.52. The molecule has 17 heavy (non-hydrogen) atoms. The van der Waals surface area contributed by atoms with Gasteiger partial charge in [0.2, 0.25) is 0 Å². The number of carbonyl (C=O) groups is 1. The van der Waals surface area contributed by atoms with Gasteiger partial charge in [-0.05, 0) is 0 Å². The number of nitrogens with zero attached hydrogens (tertiary/aromatic N) is 1. The summed E-state index contributed by atoms with van der Waals surface area (Å²) in [5.74, 6) is -7.88. The third-order valence-electron chi connectivity index (χ3n) is 1.59. The van der Waals surface area contributed by atoms with E-state index < -0.39 is 49.0 Å². The van der Waals surface area contributed by atoms with E-state index in [1.807, 2.05) is 0 Å². The predicted octanol–water partition coefficient (Wildman–Crippen LogP) is 1.27. The number of aliphatic hydroxyl groups is 1. The van der Waals surface area contributed by atoms with Gasteiger partial charge in [0.15, 0.2) is 0 Å². The summed E-state index contributed by atoms with van der Waals surface area (Å²) < 4.78 is 84.1. The quantitative estimate of drug-likeness (QED) is 0.765. The normalized spacial score (nSPS) is 13.0. The molecule has 0 heterocycles. The van der Waals surface area contributed by atoms with Crippen molar-refractivity contribution in [2.75, 3.05) is 19.7 Å². The first-order chi connectivity index (χ1) is 7.52. The van der Waals surface area contributed by atoms with Crippen molar-refractivity contribution >= 4 is 5.91 Å². The molecule has 3 nitrogen and oxygen atoms in total. The highest BCUT2D eigenvalue weighted by molar-refractivity contribution is 5.84. The van der Waals surface area contributed by atoms with E-state index >= 15 is 0 Å². The average Bonchev–Trinajstić information content (AvgIpc) is 2.13. The van der Waals surface area contributed by atoms with E-state index in [1.54, 1.807) is 0 Å². The number of amides is 1. The summed E-state index contributed by atoms with van der Waals surface area (Å²) in [6.45, 7) is -4.30. The van der Waals surface area contributed by atoms with Crippen molar-refractivity contribution in [2.24, 2.45) is 0 Å². The molecule has 0 bridgehead atoms. The molecule has 10 heteroatoms. The number of alkyl halides is 7. The Labute approximate surface area is 90.8 Å². The lowest BCUT2D eigenvalue weighted by molar-refractivity contribution is -0.194. The number of rotatable bonds is 5. The first-order valence-electron chi connectivity index (χ1n) is 4.15. The first kappa shape index (κ1) is 15.9.